The van der Waals surface area contributed by atoms with Gasteiger partial charge in [-0.25, -0.2) is 4.98 Å². The van der Waals surface area contributed by atoms with Crippen LogP contribution in [0.1, 0.15) is 5.56 Å². The molecular formula is C22H16ClNO. The van der Waals surface area contributed by atoms with E-state index in [9.17, 15) is 0 Å². The van der Waals surface area contributed by atoms with Crippen molar-refractivity contribution in [3.8, 4) is 17.0 Å². The molecule has 0 N–H and O–H groups in total. The largest absolute Gasteiger partial charge is 0.489 e. The Bertz CT molecular complexity index is 1010. The number of rotatable bonds is 4. The molecule has 0 fully saturated rings. The molecule has 0 radical (unpaired) electrons. The molecule has 0 amide bonds. The standard InChI is InChI=1S/C22H16ClNO/c23-22-20-12-5-4-9-17(20)14-21(24-22)18-10-6-11-19(13-18)25-15-16-7-2-1-3-8-16/h1-14H,15H2. The Kier molecular flexibility index (Phi) is 4.36. The molecule has 0 aliphatic carbocycles. The highest BCUT2D eigenvalue weighted by atomic mass is 35.5. The average Bonchev–Trinajstić information content (AvgIpc) is 2.67. The maximum absolute atomic E-state index is 6.35. The first-order valence-corrected chi connectivity index (χ1v) is 8.50. The summed E-state index contributed by atoms with van der Waals surface area (Å²) >= 11 is 6.35. The summed E-state index contributed by atoms with van der Waals surface area (Å²) in [7, 11) is 0. The van der Waals surface area contributed by atoms with Crippen molar-refractivity contribution in [3.63, 3.8) is 0 Å². The van der Waals surface area contributed by atoms with Gasteiger partial charge in [0.15, 0.2) is 0 Å². The minimum atomic E-state index is 0.517. The molecule has 2 nitrogen and oxygen atoms in total. The summed E-state index contributed by atoms with van der Waals surface area (Å²) < 4.78 is 5.91. The quantitative estimate of drug-likeness (QED) is 0.415. The van der Waals surface area contributed by atoms with Gasteiger partial charge in [-0.2, -0.15) is 0 Å². The van der Waals surface area contributed by atoms with Crippen LogP contribution in [-0.4, -0.2) is 4.98 Å². The van der Waals surface area contributed by atoms with Crippen molar-refractivity contribution >= 4 is 22.4 Å². The molecule has 0 unspecified atom stereocenters. The average molecular weight is 346 g/mol. The van der Waals surface area contributed by atoms with Gasteiger partial charge in [0.25, 0.3) is 0 Å². The van der Waals surface area contributed by atoms with E-state index in [0.717, 1.165) is 33.3 Å². The molecule has 0 spiro atoms. The van der Waals surface area contributed by atoms with Crippen LogP contribution in [0.4, 0.5) is 0 Å². The van der Waals surface area contributed by atoms with Gasteiger partial charge in [0.1, 0.15) is 17.5 Å². The monoisotopic (exact) mass is 345 g/mol. The normalized spacial score (nSPS) is 10.8. The minimum Gasteiger partial charge on any atom is -0.489 e. The zero-order chi connectivity index (χ0) is 17.1. The van der Waals surface area contributed by atoms with Gasteiger partial charge in [-0.3, -0.25) is 0 Å². The van der Waals surface area contributed by atoms with E-state index in [1.165, 1.54) is 0 Å². The van der Waals surface area contributed by atoms with Crippen LogP contribution in [0.25, 0.3) is 22.0 Å². The molecule has 3 heteroatoms. The highest BCUT2D eigenvalue weighted by Gasteiger charge is 2.07. The third-order valence-electron chi connectivity index (χ3n) is 4.07. The molecule has 0 bridgehead atoms. The fourth-order valence-corrected chi connectivity index (χ4v) is 3.05. The van der Waals surface area contributed by atoms with E-state index in [-0.39, 0.29) is 0 Å². The summed E-state index contributed by atoms with van der Waals surface area (Å²) in [5.41, 5.74) is 2.96. The molecule has 25 heavy (non-hydrogen) atoms. The van der Waals surface area contributed by atoms with Crippen LogP contribution in [0.5, 0.6) is 5.75 Å². The number of halogens is 1. The number of pyridine rings is 1. The van der Waals surface area contributed by atoms with Gasteiger partial charge in [0.2, 0.25) is 0 Å². The summed E-state index contributed by atoms with van der Waals surface area (Å²) in [5, 5.41) is 2.56. The Morgan fingerprint density at radius 3 is 2.48 bits per heavy atom. The second-order valence-electron chi connectivity index (χ2n) is 5.82. The smallest absolute Gasteiger partial charge is 0.137 e. The molecule has 1 aromatic heterocycles. The maximum atomic E-state index is 6.35. The Labute approximate surface area is 151 Å². The van der Waals surface area contributed by atoms with Crippen LogP contribution in [0.3, 0.4) is 0 Å². The number of hydrogen-bond donors (Lipinski definition) is 0. The number of benzene rings is 3. The van der Waals surface area contributed by atoms with Crippen molar-refractivity contribution in [2.45, 2.75) is 6.61 Å². The van der Waals surface area contributed by atoms with E-state index in [2.05, 4.69) is 23.2 Å². The molecule has 0 saturated carbocycles. The van der Waals surface area contributed by atoms with Crippen molar-refractivity contribution in [2.24, 2.45) is 0 Å². The molecule has 1 heterocycles. The second-order valence-corrected chi connectivity index (χ2v) is 6.18. The van der Waals surface area contributed by atoms with Gasteiger partial charge in [-0.05, 0) is 29.1 Å². The summed E-state index contributed by atoms with van der Waals surface area (Å²) in [6.45, 7) is 0.538. The molecule has 0 atom stereocenters. The van der Waals surface area contributed by atoms with Crippen molar-refractivity contribution in [1.29, 1.82) is 0 Å². The molecule has 0 aliphatic heterocycles. The van der Waals surface area contributed by atoms with E-state index in [1.54, 1.807) is 0 Å². The predicted octanol–water partition coefficient (Wildman–Crippen LogP) is 6.13. The zero-order valence-electron chi connectivity index (χ0n) is 13.5. The molecule has 0 aliphatic rings. The van der Waals surface area contributed by atoms with Gasteiger partial charge in [-0.1, -0.05) is 78.3 Å². The molecule has 3 aromatic carbocycles. The molecule has 122 valence electrons. The second kappa shape index (κ2) is 6.96. The summed E-state index contributed by atoms with van der Waals surface area (Å²) in [4.78, 5) is 4.54. The van der Waals surface area contributed by atoms with Gasteiger partial charge < -0.3 is 4.74 Å². The Morgan fingerprint density at radius 2 is 1.60 bits per heavy atom. The van der Waals surface area contributed by atoms with E-state index in [0.29, 0.717) is 11.8 Å². The molecular weight excluding hydrogens is 330 g/mol. The van der Waals surface area contributed by atoms with Crippen LogP contribution in [0.2, 0.25) is 5.15 Å². The first kappa shape index (κ1) is 15.7. The van der Waals surface area contributed by atoms with E-state index in [1.807, 2.05) is 66.7 Å². The predicted molar refractivity (Wildman–Crippen MR) is 103 cm³/mol. The lowest BCUT2D eigenvalue weighted by Crippen LogP contribution is -1.95. The fourth-order valence-electron chi connectivity index (χ4n) is 2.79. The Balaban J connectivity index is 1.63. The Morgan fingerprint density at radius 1 is 0.800 bits per heavy atom. The third kappa shape index (κ3) is 3.49. The molecule has 0 saturated heterocycles. The van der Waals surface area contributed by atoms with Gasteiger partial charge in [-0.15, -0.1) is 0 Å². The van der Waals surface area contributed by atoms with Crippen LogP contribution >= 0.6 is 11.6 Å². The van der Waals surface area contributed by atoms with E-state index >= 15 is 0 Å². The number of hydrogen-bond acceptors (Lipinski definition) is 2. The lowest BCUT2D eigenvalue weighted by atomic mass is 10.1. The van der Waals surface area contributed by atoms with Gasteiger partial charge in [0.05, 0.1) is 5.69 Å². The van der Waals surface area contributed by atoms with Crippen LogP contribution < -0.4 is 4.74 Å². The number of nitrogens with zero attached hydrogens (tertiary/aromatic N) is 1. The SMILES string of the molecule is Clc1nc(-c2cccc(OCc3ccccc3)c2)cc2ccccc12. The molecule has 4 rings (SSSR count). The number of fused-ring (bicyclic) bond motifs is 1. The van der Waals surface area contributed by atoms with Gasteiger partial charge >= 0.3 is 0 Å². The first-order valence-electron chi connectivity index (χ1n) is 8.12. The van der Waals surface area contributed by atoms with Crippen molar-refractivity contribution < 1.29 is 4.74 Å². The third-order valence-corrected chi connectivity index (χ3v) is 4.36. The lowest BCUT2D eigenvalue weighted by Gasteiger charge is -2.09. The van der Waals surface area contributed by atoms with Crippen molar-refractivity contribution in [1.82, 2.24) is 4.98 Å². The minimum absolute atomic E-state index is 0.517. The summed E-state index contributed by atoms with van der Waals surface area (Å²) in [5.74, 6) is 0.812. The van der Waals surface area contributed by atoms with Crippen LogP contribution in [0.15, 0.2) is 84.9 Å². The topological polar surface area (TPSA) is 22.1 Å². The van der Waals surface area contributed by atoms with Crippen molar-refractivity contribution in [3.05, 3.63) is 95.6 Å². The fraction of sp³-hybridized carbons (Fsp3) is 0.0455. The van der Waals surface area contributed by atoms with Crippen LogP contribution in [-0.2, 0) is 6.61 Å². The summed E-state index contributed by atoms with van der Waals surface area (Å²) in [6, 6.07) is 28.1. The molecule has 4 aromatic rings. The van der Waals surface area contributed by atoms with Gasteiger partial charge in [0, 0.05) is 10.9 Å². The number of ether oxygens (including phenoxy) is 1. The van der Waals surface area contributed by atoms with E-state index in [4.69, 9.17) is 16.3 Å². The number of aromatic nitrogens is 1. The first-order chi connectivity index (χ1) is 12.3. The summed E-state index contributed by atoms with van der Waals surface area (Å²) in [6.07, 6.45) is 0. The Hall–Kier alpha value is -2.84. The van der Waals surface area contributed by atoms with Crippen LogP contribution in [0, 0.1) is 0 Å². The van der Waals surface area contributed by atoms with Crippen molar-refractivity contribution in [2.75, 3.05) is 0 Å². The maximum Gasteiger partial charge on any atom is 0.137 e. The zero-order valence-corrected chi connectivity index (χ0v) is 14.3. The highest BCUT2D eigenvalue weighted by Crippen LogP contribution is 2.29. The highest BCUT2D eigenvalue weighted by molar-refractivity contribution is 6.34. The lowest BCUT2D eigenvalue weighted by molar-refractivity contribution is 0.306. The van der Waals surface area contributed by atoms with E-state index < -0.39 is 0 Å².